The van der Waals surface area contributed by atoms with Crippen LogP contribution < -0.4 is 21.7 Å². The third kappa shape index (κ3) is 3.18. The summed E-state index contributed by atoms with van der Waals surface area (Å²) in [7, 11) is 2.70. The lowest BCUT2D eigenvalue weighted by atomic mass is 10.1. The van der Waals surface area contributed by atoms with Crippen LogP contribution in [0.25, 0.3) is 0 Å². The number of aryl methyl sites for hydroxylation is 2. The smallest absolute Gasteiger partial charge is 0.332 e. The van der Waals surface area contributed by atoms with E-state index in [2.05, 4.69) is 0 Å². The van der Waals surface area contributed by atoms with Gasteiger partial charge in [-0.25, -0.2) is 4.79 Å². The minimum atomic E-state index is -0.723. The second kappa shape index (κ2) is 6.12. The molecule has 7 nitrogen and oxygen atoms in total. The van der Waals surface area contributed by atoms with E-state index >= 15 is 0 Å². The van der Waals surface area contributed by atoms with Crippen LogP contribution >= 0.6 is 0 Å². The van der Waals surface area contributed by atoms with Crippen molar-refractivity contribution in [3.05, 3.63) is 55.7 Å². The Kier molecular flexibility index (Phi) is 4.40. The highest BCUT2D eigenvalue weighted by molar-refractivity contribution is 6.00. The Morgan fingerprint density at radius 3 is 2.22 bits per heavy atom. The molecule has 23 heavy (non-hydrogen) atoms. The van der Waals surface area contributed by atoms with Gasteiger partial charge in [-0.3, -0.25) is 18.7 Å². The average molecular weight is 317 g/mol. The van der Waals surface area contributed by atoms with Crippen LogP contribution in [0.1, 0.15) is 21.5 Å². The van der Waals surface area contributed by atoms with E-state index in [-0.39, 0.29) is 18.0 Å². The zero-order valence-electron chi connectivity index (χ0n) is 13.5. The summed E-state index contributed by atoms with van der Waals surface area (Å²) in [6.45, 7) is 3.51. The highest BCUT2D eigenvalue weighted by Gasteiger charge is 2.20. The van der Waals surface area contributed by atoms with Gasteiger partial charge in [-0.05, 0) is 37.1 Å². The van der Waals surface area contributed by atoms with Crippen molar-refractivity contribution in [1.82, 2.24) is 9.13 Å². The molecule has 0 unspecified atom stereocenters. The molecule has 2 N–H and O–H groups in total. The van der Waals surface area contributed by atoms with E-state index in [1.165, 1.54) is 14.1 Å². The Morgan fingerprint density at radius 2 is 1.65 bits per heavy atom. The molecular formula is C16H19N3O4. The molecule has 1 aromatic carbocycles. The molecule has 0 atom stereocenters. The number of benzene rings is 1. The van der Waals surface area contributed by atoms with Crippen molar-refractivity contribution in [3.8, 4) is 5.75 Å². The quantitative estimate of drug-likeness (QED) is 0.831. The lowest BCUT2D eigenvalue weighted by Gasteiger charge is -2.12. The predicted molar refractivity (Wildman–Crippen MR) is 87.1 cm³/mol. The largest absolute Gasteiger partial charge is 0.485 e. The molecule has 0 radical (unpaired) electrons. The number of rotatable bonds is 4. The molecule has 1 aromatic heterocycles. The molecule has 2 aromatic rings. The van der Waals surface area contributed by atoms with E-state index < -0.39 is 17.0 Å². The molecule has 0 aliphatic heterocycles. The van der Waals surface area contributed by atoms with Crippen LogP contribution in [0, 0.1) is 13.8 Å². The highest BCUT2D eigenvalue weighted by Crippen LogP contribution is 2.16. The number of hydrogen-bond acceptors (Lipinski definition) is 5. The number of anilines is 1. The zero-order valence-corrected chi connectivity index (χ0v) is 13.5. The van der Waals surface area contributed by atoms with Gasteiger partial charge in [-0.15, -0.1) is 0 Å². The lowest BCUT2D eigenvalue weighted by molar-refractivity contribution is 0.0919. The van der Waals surface area contributed by atoms with E-state index in [4.69, 9.17) is 10.5 Å². The molecule has 0 fully saturated rings. The third-order valence-electron chi connectivity index (χ3n) is 3.55. The van der Waals surface area contributed by atoms with Crippen molar-refractivity contribution in [2.24, 2.45) is 14.1 Å². The first kappa shape index (κ1) is 16.5. The summed E-state index contributed by atoms with van der Waals surface area (Å²) in [5, 5.41) is 0. The minimum Gasteiger partial charge on any atom is -0.485 e. The highest BCUT2D eigenvalue weighted by atomic mass is 16.5. The molecular weight excluding hydrogens is 298 g/mol. The number of hydrogen-bond donors (Lipinski definition) is 1. The van der Waals surface area contributed by atoms with Crippen molar-refractivity contribution in [1.29, 1.82) is 0 Å². The van der Waals surface area contributed by atoms with E-state index in [9.17, 15) is 14.4 Å². The van der Waals surface area contributed by atoms with Crippen LogP contribution in [0.3, 0.4) is 0 Å². The van der Waals surface area contributed by atoms with Crippen molar-refractivity contribution in [3.63, 3.8) is 0 Å². The van der Waals surface area contributed by atoms with Gasteiger partial charge < -0.3 is 10.5 Å². The molecule has 0 aliphatic carbocycles. The van der Waals surface area contributed by atoms with Gasteiger partial charge in [-0.2, -0.15) is 0 Å². The van der Waals surface area contributed by atoms with Gasteiger partial charge in [0.1, 0.15) is 17.1 Å². The van der Waals surface area contributed by atoms with Gasteiger partial charge in [0, 0.05) is 14.1 Å². The van der Waals surface area contributed by atoms with Crippen molar-refractivity contribution in [2.75, 3.05) is 12.3 Å². The summed E-state index contributed by atoms with van der Waals surface area (Å²) in [5.74, 6) is -0.193. The molecule has 0 spiro atoms. The fraction of sp³-hybridized carbons (Fsp3) is 0.312. The second-order valence-corrected chi connectivity index (χ2v) is 5.50. The van der Waals surface area contributed by atoms with Gasteiger partial charge in [0.05, 0.1) is 0 Å². The molecule has 7 heteroatoms. The maximum atomic E-state index is 12.3. The molecule has 0 bridgehead atoms. The Morgan fingerprint density at radius 1 is 1.09 bits per heavy atom. The molecule has 2 rings (SSSR count). The van der Waals surface area contributed by atoms with E-state index in [1.54, 1.807) is 12.1 Å². The summed E-state index contributed by atoms with van der Waals surface area (Å²) < 4.78 is 7.37. The predicted octanol–water partition coefficient (Wildman–Crippen LogP) is 0.545. The molecule has 1 heterocycles. The Hall–Kier alpha value is -2.83. The monoisotopic (exact) mass is 317 g/mol. The number of aromatic nitrogens is 2. The third-order valence-corrected chi connectivity index (χ3v) is 3.55. The fourth-order valence-corrected chi connectivity index (χ4v) is 2.36. The van der Waals surface area contributed by atoms with Crippen molar-refractivity contribution < 1.29 is 9.53 Å². The van der Waals surface area contributed by atoms with Gasteiger partial charge in [0.2, 0.25) is 5.78 Å². The minimum absolute atomic E-state index is 0.160. The fourth-order valence-electron chi connectivity index (χ4n) is 2.36. The molecule has 0 aliphatic rings. The normalized spacial score (nSPS) is 10.6. The summed E-state index contributed by atoms with van der Waals surface area (Å²) >= 11 is 0. The zero-order chi connectivity index (χ0) is 17.3. The number of nitrogens with zero attached hydrogens (tertiary/aromatic N) is 2. The average Bonchev–Trinajstić information content (AvgIpc) is 2.48. The summed E-state index contributed by atoms with van der Waals surface area (Å²) in [6.07, 6.45) is 0. The molecule has 0 saturated heterocycles. The number of Topliss-reactive ketones (excluding diaryl/α,β-unsaturated/α-hetero) is 1. The van der Waals surface area contributed by atoms with Crippen LogP contribution in [0.4, 0.5) is 5.82 Å². The van der Waals surface area contributed by atoms with Gasteiger partial charge in [-0.1, -0.05) is 6.07 Å². The maximum absolute atomic E-state index is 12.3. The second-order valence-electron chi connectivity index (χ2n) is 5.50. The standard InChI is InChI=1S/C16H19N3O4/c1-9-5-10(2)7-11(6-9)23-8-12(20)13-14(17)18(3)16(22)19(4)15(13)21/h5-7H,8,17H2,1-4H3. The first-order valence-corrected chi connectivity index (χ1v) is 7.02. The van der Waals surface area contributed by atoms with Crippen LogP contribution in [0.5, 0.6) is 5.75 Å². The van der Waals surface area contributed by atoms with Crippen LogP contribution in [0.2, 0.25) is 0 Å². The van der Waals surface area contributed by atoms with Crippen LogP contribution in [0.15, 0.2) is 27.8 Å². The van der Waals surface area contributed by atoms with Crippen LogP contribution in [-0.2, 0) is 14.1 Å². The summed E-state index contributed by atoms with van der Waals surface area (Å²) in [6, 6.07) is 5.57. The number of nitrogen functional groups attached to an aromatic ring is 1. The molecule has 122 valence electrons. The number of nitrogens with two attached hydrogens (primary N) is 1. The van der Waals surface area contributed by atoms with E-state index in [0.29, 0.717) is 5.75 Å². The Bertz CT molecular complexity index is 873. The van der Waals surface area contributed by atoms with Gasteiger partial charge in [0.25, 0.3) is 5.56 Å². The first-order valence-electron chi connectivity index (χ1n) is 7.02. The van der Waals surface area contributed by atoms with E-state index in [0.717, 1.165) is 20.3 Å². The number of carbonyl (C=O) groups excluding carboxylic acids is 1. The summed E-state index contributed by atoms with van der Waals surface area (Å²) in [4.78, 5) is 36.2. The number of ether oxygens (including phenoxy) is 1. The molecule has 0 amide bonds. The molecule has 0 saturated carbocycles. The Balaban J connectivity index is 2.32. The number of carbonyl (C=O) groups is 1. The van der Waals surface area contributed by atoms with Crippen LogP contribution in [-0.4, -0.2) is 21.5 Å². The van der Waals surface area contributed by atoms with Crippen molar-refractivity contribution >= 4 is 11.6 Å². The van der Waals surface area contributed by atoms with Gasteiger partial charge in [0.15, 0.2) is 6.61 Å². The first-order chi connectivity index (χ1) is 10.7. The Labute approximate surface area is 132 Å². The SMILES string of the molecule is Cc1cc(C)cc(OCC(=O)c2c(N)n(C)c(=O)n(C)c2=O)c1. The topological polar surface area (TPSA) is 96.3 Å². The number of ketones is 1. The van der Waals surface area contributed by atoms with Gasteiger partial charge >= 0.3 is 5.69 Å². The van der Waals surface area contributed by atoms with Crippen molar-refractivity contribution in [2.45, 2.75) is 13.8 Å². The lowest BCUT2D eigenvalue weighted by Crippen LogP contribution is -2.42. The van der Waals surface area contributed by atoms with E-state index in [1.807, 2.05) is 19.9 Å². The maximum Gasteiger partial charge on any atom is 0.332 e. The summed E-state index contributed by atoms with van der Waals surface area (Å²) in [5.41, 5.74) is 6.21.